The molecule has 2 aliphatic rings. The second-order valence-corrected chi connectivity index (χ2v) is 7.06. The van der Waals surface area contributed by atoms with Crippen LogP contribution in [0.5, 0.6) is 0 Å². The first-order valence-corrected chi connectivity index (χ1v) is 9.40. The molecule has 1 fully saturated rings. The number of fused-ring (bicyclic) bond motifs is 1. The highest BCUT2D eigenvalue weighted by Gasteiger charge is 2.40. The van der Waals surface area contributed by atoms with Gasteiger partial charge in [0.25, 0.3) is 23.4 Å². The largest absolute Gasteiger partial charge is 0.456 e. The highest BCUT2D eigenvalue weighted by atomic mass is 16.6. The molecular formula is C19H21N3O7. The van der Waals surface area contributed by atoms with Gasteiger partial charge in [-0.1, -0.05) is 6.07 Å². The van der Waals surface area contributed by atoms with Crippen LogP contribution in [0, 0.1) is 10.1 Å². The van der Waals surface area contributed by atoms with E-state index in [9.17, 15) is 29.3 Å². The minimum atomic E-state index is -0.816. The van der Waals surface area contributed by atoms with Gasteiger partial charge in [-0.2, -0.15) is 0 Å². The van der Waals surface area contributed by atoms with E-state index in [4.69, 9.17) is 4.74 Å². The van der Waals surface area contributed by atoms with E-state index in [2.05, 4.69) is 0 Å². The molecule has 3 rings (SSSR count). The SMILES string of the molecule is C[C@H]1CCCCN1C(=O)COC(=O)CCN1C(=O)c2cccc([N+](=O)[O-])c2C1=O. The first-order chi connectivity index (χ1) is 13.8. The van der Waals surface area contributed by atoms with Crippen molar-refractivity contribution in [2.24, 2.45) is 0 Å². The van der Waals surface area contributed by atoms with Gasteiger partial charge in [0.1, 0.15) is 5.56 Å². The molecule has 3 amide bonds. The van der Waals surface area contributed by atoms with Crippen LogP contribution in [0.1, 0.15) is 53.3 Å². The van der Waals surface area contributed by atoms with E-state index >= 15 is 0 Å². The third kappa shape index (κ3) is 4.10. The molecule has 1 atom stereocenters. The Morgan fingerprint density at radius 1 is 1.24 bits per heavy atom. The maximum atomic E-state index is 12.4. The maximum absolute atomic E-state index is 12.4. The van der Waals surface area contributed by atoms with Gasteiger partial charge < -0.3 is 9.64 Å². The molecule has 0 saturated carbocycles. The lowest BCUT2D eigenvalue weighted by Gasteiger charge is -2.33. The van der Waals surface area contributed by atoms with Crippen LogP contribution in [0.4, 0.5) is 5.69 Å². The van der Waals surface area contributed by atoms with Crippen molar-refractivity contribution in [3.8, 4) is 0 Å². The molecule has 0 unspecified atom stereocenters. The Hall–Kier alpha value is -3.30. The number of piperidine rings is 1. The topological polar surface area (TPSA) is 127 Å². The number of nitro benzene ring substituents is 1. The lowest BCUT2D eigenvalue weighted by Crippen LogP contribution is -2.44. The van der Waals surface area contributed by atoms with Crippen LogP contribution in [-0.4, -0.2) is 64.2 Å². The van der Waals surface area contributed by atoms with Gasteiger partial charge in [-0.05, 0) is 32.3 Å². The molecule has 10 nitrogen and oxygen atoms in total. The standard InChI is InChI=1S/C19H21N3O7/c1-12-5-2-3-9-20(12)15(23)11-29-16(24)8-10-21-18(25)13-6-4-7-14(22(27)28)17(13)19(21)26/h4,6-7,12H,2-3,5,8-11H2,1H3/t12-/m0/s1. The average Bonchev–Trinajstić information content (AvgIpc) is 2.95. The Morgan fingerprint density at radius 2 is 2.00 bits per heavy atom. The van der Waals surface area contributed by atoms with E-state index in [1.165, 1.54) is 12.1 Å². The summed E-state index contributed by atoms with van der Waals surface area (Å²) in [4.78, 5) is 61.8. The molecule has 0 radical (unpaired) electrons. The van der Waals surface area contributed by atoms with Crippen molar-refractivity contribution >= 4 is 29.4 Å². The van der Waals surface area contributed by atoms with Crippen LogP contribution >= 0.6 is 0 Å². The molecular weight excluding hydrogens is 382 g/mol. The van der Waals surface area contributed by atoms with Crippen molar-refractivity contribution in [3.05, 3.63) is 39.4 Å². The number of hydrogen-bond donors (Lipinski definition) is 0. The zero-order valence-corrected chi connectivity index (χ0v) is 16.0. The van der Waals surface area contributed by atoms with Crippen LogP contribution in [0.25, 0.3) is 0 Å². The summed E-state index contributed by atoms with van der Waals surface area (Å²) in [5.41, 5.74) is -0.788. The number of esters is 1. The molecule has 2 aliphatic heterocycles. The maximum Gasteiger partial charge on any atom is 0.308 e. The molecule has 0 aromatic heterocycles. The summed E-state index contributed by atoms with van der Waals surface area (Å²) in [5, 5.41) is 11.1. The van der Waals surface area contributed by atoms with Gasteiger partial charge in [0, 0.05) is 25.2 Å². The van der Waals surface area contributed by atoms with Crippen molar-refractivity contribution in [2.75, 3.05) is 19.7 Å². The van der Waals surface area contributed by atoms with E-state index in [0.29, 0.717) is 6.54 Å². The highest BCUT2D eigenvalue weighted by molar-refractivity contribution is 6.23. The lowest BCUT2D eigenvalue weighted by molar-refractivity contribution is -0.385. The van der Waals surface area contributed by atoms with Gasteiger partial charge in [-0.3, -0.25) is 34.2 Å². The Balaban J connectivity index is 1.55. The van der Waals surface area contributed by atoms with E-state index in [0.717, 1.165) is 30.2 Å². The number of nitrogens with zero attached hydrogens (tertiary/aromatic N) is 3. The van der Waals surface area contributed by atoms with E-state index in [1.54, 1.807) is 4.90 Å². The summed E-state index contributed by atoms with van der Waals surface area (Å²) in [6.45, 7) is 1.90. The summed E-state index contributed by atoms with van der Waals surface area (Å²) in [6, 6.07) is 3.91. The predicted molar refractivity (Wildman–Crippen MR) is 99.1 cm³/mol. The monoisotopic (exact) mass is 403 g/mol. The number of benzene rings is 1. The molecule has 10 heteroatoms. The number of carbonyl (C=O) groups excluding carboxylic acids is 4. The predicted octanol–water partition coefficient (Wildman–Crippen LogP) is 1.53. The molecule has 29 heavy (non-hydrogen) atoms. The second kappa shape index (κ2) is 8.38. The number of imide groups is 1. The van der Waals surface area contributed by atoms with Gasteiger partial charge in [0.2, 0.25) is 0 Å². The zero-order chi connectivity index (χ0) is 21.1. The molecule has 1 aromatic carbocycles. The van der Waals surface area contributed by atoms with Crippen molar-refractivity contribution in [3.63, 3.8) is 0 Å². The molecule has 0 bridgehead atoms. The summed E-state index contributed by atoms with van der Waals surface area (Å²) in [7, 11) is 0. The molecule has 1 aromatic rings. The number of ether oxygens (including phenoxy) is 1. The first kappa shape index (κ1) is 20.4. The first-order valence-electron chi connectivity index (χ1n) is 9.40. The fraction of sp³-hybridized carbons (Fsp3) is 0.474. The Labute approximate surface area is 166 Å². The van der Waals surface area contributed by atoms with E-state index in [-0.39, 0.29) is 36.0 Å². The third-order valence-electron chi connectivity index (χ3n) is 5.19. The van der Waals surface area contributed by atoms with Crippen LogP contribution in [0.2, 0.25) is 0 Å². The van der Waals surface area contributed by atoms with Gasteiger partial charge in [-0.15, -0.1) is 0 Å². The number of rotatable bonds is 6. The molecule has 1 saturated heterocycles. The zero-order valence-electron chi connectivity index (χ0n) is 16.0. The Kier molecular flexibility index (Phi) is 5.90. The minimum absolute atomic E-state index is 0.0631. The van der Waals surface area contributed by atoms with Gasteiger partial charge in [0.15, 0.2) is 6.61 Å². The molecule has 2 heterocycles. The number of amides is 3. The molecule has 0 aliphatic carbocycles. The second-order valence-electron chi connectivity index (χ2n) is 7.06. The van der Waals surface area contributed by atoms with Crippen molar-refractivity contribution in [1.29, 1.82) is 0 Å². The fourth-order valence-corrected chi connectivity index (χ4v) is 3.64. The van der Waals surface area contributed by atoms with Crippen LogP contribution in [0.15, 0.2) is 18.2 Å². The quantitative estimate of drug-likeness (QED) is 0.305. The third-order valence-corrected chi connectivity index (χ3v) is 5.19. The minimum Gasteiger partial charge on any atom is -0.456 e. The van der Waals surface area contributed by atoms with E-state index < -0.39 is 35.0 Å². The lowest BCUT2D eigenvalue weighted by atomic mass is 10.0. The van der Waals surface area contributed by atoms with Gasteiger partial charge >= 0.3 is 5.97 Å². The van der Waals surface area contributed by atoms with Crippen LogP contribution in [-0.2, 0) is 14.3 Å². The van der Waals surface area contributed by atoms with Crippen molar-refractivity contribution in [1.82, 2.24) is 9.80 Å². The highest BCUT2D eigenvalue weighted by Crippen LogP contribution is 2.30. The molecule has 154 valence electrons. The average molecular weight is 403 g/mol. The Morgan fingerprint density at radius 3 is 2.69 bits per heavy atom. The Bertz CT molecular complexity index is 883. The summed E-state index contributed by atoms with van der Waals surface area (Å²) < 4.78 is 4.99. The number of carbonyl (C=O) groups is 4. The number of likely N-dealkylation sites (tertiary alicyclic amines) is 1. The van der Waals surface area contributed by atoms with Crippen molar-refractivity contribution < 1.29 is 28.8 Å². The van der Waals surface area contributed by atoms with Gasteiger partial charge in [0.05, 0.1) is 16.9 Å². The summed E-state index contributed by atoms with van der Waals surface area (Å²) >= 11 is 0. The van der Waals surface area contributed by atoms with Crippen LogP contribution < -0.4 is 0 Å². The summed E-state index contributed by atoms with van der Waals surface area (Å²) in [5.74, 6) is -2.51. The molecule has 0 spiro atoms. The van der Waals surface area contributed by atoms with E-state index in [1.807, 2.05) is 6.92 Å². The fourth-order valence-electron chi connectivity index (χ4n) is 3.64. The van der Waals surface area contributed by atoms with Crippen molar-refractivity contribution in [2.45, 2.75) is 38.6 Å². The smallest absolute Gasteiger partial charge is 0.308 e. The molecule has 0 N–H and O–H groups in total. The normalized spacial score (nSPS) is 18.6. The summed E-state index contributed by atoms with van der Waals surface area (Å²) in [6.07, 6.45) is 2.58. The van der Waals surface area contributed by atoms with Crippen LogP contribution in [0.3, 0.4) is 0 Å². The number of nitro groups is 1. The number of hydrogen-bond acceptors (Lipinski definition) is 7. The van der Waals surface area contributed by atoms with Gasteiger partial charge in [-0.25, -0.2) is 0 Å².